The van der Waals surface area contributed by atoms with Crippen molar-refractivity contribution in [2.75, 3.05) is 5.32 Å². The van der Waals surface area contributed by atoms with Gasteiger partial charge in [-0.1, -0.05) is 28.9 Å². The molecular formula is C18H12ClFN4O2. The predicted octanol–water partition coefficient (Wildman–Crippen LogP) is 4.19. The van der Waals surface area contributed by atoms with Crippen molar-refractivity contribution in [1.82, 2.24) is 15.1 Å². The minimum atomic E-state index is -0.425. The lowest BCUT2D eigenvalue weighted by molar-refractivity contribution is -0.115. The zero-order chi connectivity index (χ0) is 18.1. The van der Waals surface area contributed by atoms with Crippen LogP contribution in [0.1, 0.15) is 5.56 Å². The van der Waals surface area contributed by atoms with E-state index in [1.807, 2.05) is 0 Å². The van der Waals surface area contributed by atoms with E-state index in [-0.39, 0.29) is 29.5 Å². The number of rotatable bonds is 4. The number of amides is 1. The van der Waals surface area contributed by atoms with Crippen molar-refractivity contribution in [1.29, 1.82) is 0 Å². The number of aromatic nitrogens is 3. The summed E-state index contributed by atoms with van der Waals surface area (Å²) in [6.07, 6.45) is 3.45. The molecular weight excluding hydrogens is 359 g/mol. The van der Waals surface area contributed by atoms with E-state index in [9.17, 15) is 9.18 Å². The number of fused-ring (bicyclic) bond motifs is 1. The third-order valence-corrected chi connectivity index (χ3v) is 4.09. The van der Waals surface area contributed by atoms with Crippen LogP contribution in [0.4, 0.5) is 10.2 Å². The molecule has 0 radical (unpaired) electrons. The largest absolute Gasteiger partial charge is 0.360 e. The van der Waals surface area contributed by atoms with Gasteiger partial charge in [0.25, 0.3) is 0 Å². The third-order valence-electron chi connectivity index (χ3n) is 3.89. The Labute approximate surface area is 152 Å². The Morgan fingerprint density at radius 2 is 2.15 bits per heavy atom. The highest BCUT2D eigenvalue weighted by Crippen LogP contribution is 2.25. The number of anilines is 1. The van der Waals surface area contributed by atoms with Gasteiger partial charge in [0.1, 0.15) is 11.0 Å². The zero-order valence-electron chi connectivity index (χ0n) is 13.3. The molecule has 3 aromatic heterocycles. The average molecular weight is 371 g/mol. The van der Waals surface area contributed by atoms with Gasteiger partial charge in [0, 0.05) is 17.6 Å². The molecule has 0 fully saturated rings. The maximum atomic E-state index is 13.8. The van der Waals surface area contributed by atoms with Crippen LogP contribution in [0.3, 0.4) is 0 Å². The van der Waals surface area contributed by atoms with Crippen LogP contribution in [0.15, 0.2) is 53.3 Å². The summed E-state index contributed by atoms with van der Waals surface area (Å²) in [4.78, 5) is 19.3. The van der Waals surface area contributed by atoms with Crippen molar-refractivity contribution in [3.05, 3.63) is 65.3 Å². The second-order valence-corrected chi connectivity index (χ2v) is 6.03. The topological polar surface area (TPSA) is 83.8 Å². The Morgan fingerprint density at radius 3 is 3.00 bits per heavy atom. The summed E-state index contributed by atoms with van der Waals surface area (Å²) in [5, 5.41) is 7.59. The first-order chi connectivity index (χ1) is 12.6. The molecule has 4 aromatic rings. The van der Waals surface area contributed by atoms with E-state index in [1.54, 1.807) is 36.7 Å². The number of nitrogens with zero attached hydrogens (tertiary/aromatic N) is 2. The van der Waals surface area contributed by atoms with E-state index in [0.717, 1.165) is 16.5 Å². The number of nitrogens with one attached hydrogen (secondary N) is 2. The van der Waals surface area contributed by atoms with E-state index in [0.29, 0.717) is 5.15 Å². The fourth-order valence-electron chi connectivity index (χ4n) is 2.68. The fraction of sp³-hybridized carbons (Fsp3) is 0.0556. The van der Waals surface area contributed by atoms with Gasteiger partial charge in [0.05, 0.1) is 23.7 Å². The zero-order valence-corrected chi connectivity index (χ0v) is 14.0. The molecule has 6 nitrogen and oxygen atoms in total. The molecule has 3 heterocycles. The van der Waals surface area contributed by atoms with Gasteiger partial charge in [-0.25, -0.2) is 9.37 Å². The Hall–Kier alpha value is -3.19. The van der Waals surface area contributed by atoms with Crippen LogP contribution in [0, 0.1) is 5.82 Å². The second kappa shape index (κ2) is 6.61. The number of pyridine rings is 1. The third kappa shape index (κ3) is 3.16. The molecule has 0 saturated heterocycles. The van der Waals surface area contributed by atoms with Gasteiger partial charge < -0.3 is 14.8 Å². The first-order valence-electron chi connectivity index (χ1n) is 7.73. The van der Waals surface area contributed by atoms with Crippen molar-refractivity contribution in [3.8, 4) is 11.3 Å². The normalized spacial score (nSPS) is 11.0. The molecule has 1 aromatic carbocycles. The van der Waals surface area contributed by atoms with Crippen molar-refractivity contribution in [2.45, 2.75) is 6.42 Å². The number of hydrogen-bond donors (Lipinski definition) is 2. The van der Waals surface area contributed by atoms with Gasteiger partial charge >= 0.3 is 0 Å². The standard InChI is InChI=1S/C18H12ClFN4O2/c19-16-6-12-10(8-21-14(12)9-22-16)5-18(25)23-17-7-15(26-24-17)11-3-1-2-4-13(11)20/h1-4,6-9,21H,5H2,(H,23,24,25). The van der Waals surface area contributed by atoms with Gasteiger partial charge in [-0.3, -0.25) is 4.79 Å². The SMILES string of the molecule is O=C(Cc1c[nH]c2cnc(Cl)cc12)Nc1cc(-c2ccccc2F)on1. The van der Waals surface area contributed by atoms with E-state index in [1.165, 1.54) is 12.1 Å². The Bertz CT molecular complexity index is 1110. The summed E-state index contributed by atoms with van der Waals surface area (Å²) in [7, 11) is 0. The molecule has 26 heavy (non-hydrogen) atoms. The smallest absolute Gasteiger partial charge is 0.230 e. The van der Waals surface area contributed by atoms with Gasteiger partial charge in [0.2, 0.25) is 5.91 Å². The molecule has 4 rings (SSSR count). The minimum Gasteiger partial charge on any atom is -0.360 e. The Balaban J connectivity index is 1.50. The lowest BCUT2D eigenvalue weighted by atomic mass is 10.1. The summed E-state index contributed by atoms with van der Waals surface area (Å²) in [5.41, 5.74) is 1.85. The number of hydrogen-bond acceptors (Lipinski definition) is 4. The summed E-state index contributed by atoms with van der Waals surface area (Å²) < 4.78 is 18.9. The van der Waals surface area contributed by atoms with E-state index >= 15 is 0 Å². The summed E-state index contributed by atoms with van der Waals surface area (Å²) in [6, 6.07) is 9.35. The van der Waals surface area contributed by atoms with Crippen LogP contribution in [-0.2, 0) is 11.2 Å². The molecule has 0 bridgehead atoms. The Kier molecular flexibility index (Phi) is 4.14. The van der Waals surface area contributed by atoms with E-state index in [4.69, 9.17) is 16.1 Å². The van der Waals surface area contributed by atoms with Crippen LogP contribution >= 0.6 is 11.6 Å². The number of H-pyrrole nitrogens is 1. The first kappa shape index (κ1) is 16.3. The molecule has 0 spiro atoms. The molecule has 130 valence electrons. The van der Waals surface area contributed by atoms with Crippen LogP contribution in [-0.4, -0.2) is 21.0 Å². The first-order valence-corrected chi connectivity index (χ1v) is 8.11. The summed E-state index contributed by atoms with van der Waals surface area (Å²) in [6.45, 7) is 0. The minimum absolute atomic E-state index is 0.113. The number of benzene rings is 1. The van der Waals surface area contributed by atoms with Crippen LogP contribution in [0.5, 0.6) is 0 Å². The van der Waals surface area contributed by atoms with E-state index < -0.39 is 5.82 Å². The number of carbonyl (C=O) groups excluding carboxylic acids is 1. The fourth-order valence-corrected chi connectivity index (χ4v) is 2.84. The molecule has 0 unspecified atom stereocenters. The number of carbonyl (C=O) groups is 1. The Morgan fingerprint density at radius 1 is 1.31 bits per heavy atom. The maximum absolute atomic E-state index is 13.8. The maximum Gasteiger partial charge on any atom is 0.230 e. The van der Waals surface area contributed by atoms with Crippen LogP contribution in [0.2, 0.25) is 5.15 Å². The monoisotopic (exact) mass is 370 g/mol. The van der Waals surface area contributed by atoms with Gasteiger partial charge in [-0.05, 0) is 23.8 Å². The summed E-state index contributed by atoms with van der Waals surface area (Å²) >= 11 is 5.91. The van der Waals surface area contributed by atoms with Crippen molar-refractivity contribution in [2.24, 2.45) is 0 Å². The lowest BCUT2D eigenvalue weighted by Crippen LogP contribution is -2.14. The highest BCUT2D eigenvalue weighted by Gasteiger charge is 2.14. The molecule has 8 heteroatoms. The van der Waals surface area contributed by atoms with Crippen molar-refractivity contribution >= 4 is 34.2 Å². The number of aromatic amines is 1. The lowest BCUT2D eigenvalue weighted by Gasteiger charge is -2.00. The van der Waals surface area contributed by atoms with E-state index in [2.05, 4.69) is 20.4 Å². The molecule has 0 aliphatic carbocycles. The number of halogens is 2. The van der Waals surface area contributed by atoms with Crippen LogP contribution < -0.4 is 5.32 Å². The summed E-state index contributed by atoms with van der Waals surface area (Å²) in [5.74, 6) is -0.255. The molecule has 0 saturated carbocycles. The molecule has 2 N–H and O–H groups in total. The molecule has 0 aliphatic heterocycles. The van der Waals surface area contributed by atoms with Gasteiger partial charge in [-0.15, -0.1) is 0 Å². The quantitative estimate of drug-likeness (QED) is 0.527. The second-order valence-electron chi connectivity index (χ2n) is 5.65. The van der Waals surface area contributed by atoms with Crippen LogP contribution in [0.25, 0.3) is 22.2 Å². The van der Waals surface area contributed by atoms with Crippen molar-refractivity contribution < 1.29 is 13.7 Å². The highest BCUT2D eigenvalue weighted by atomic mass is 35.5. The van der Waals surface area contributed by atoms with Gasteiger partial charge in [0.15, 0.2) is 11.6 Å². The highest BCUT2D eigenvalue weighted by molar-refractivity contribution is 6.30. The molecule has 1 amide bonds. The molecule has 0 atom stereocenters. The average Bonchev–Trinajstić information content (AvgIpc) is 3.23. The van der Waals surface area contributed by atoms with Gasteiger partial charge in [-0.2, -0.15) is 0 Å². The van der Waals surface area contributed by atoms with Crippen molar-refractivity contribution in [3.63, 3.8) is 0 Å². The predicted molar refractivity (Wildman–Crippen MR) is 95.3 cm³/mol. The molecule has 0 aliphatic rings.